The highest BCUT2D eigenvalue weighted by Crippen LogP contribution is 2.06. The first kappa shape index (κ1) is 16.7. The SMILES string of the molecule is Fc1ccc(/C=N\NC(=S)NCC[NH+]2CCOCC2)c(F)c1. The molecule has 0 aliphatic carbocycles. The molecule has 0 bridgehead atoms. The Labute approximate surface area is 133 Å². The molecule has 120 valence electrons. The van der Waals surface area contributed by atoms with Crippen molar-refractivity contribution in [2.45, 2.75) is 0 Å². The minimum Gasteiger partial charge on any atom is -0.370 e. The average molecular weight is 329 g/mol. The fraction of sp³-hybridized carbons (Fsp3) is 0.429. The third-order valence-electron chi connectivity index (χ3n) is 3.30. The second kappa shape index (κ2) is 8.72. The van der Waals surface area contributed by atoms with E-state index in [1.807, 2.05) is 0 Å². The van der Waals surface area contributed by atoms with Crippen LogP contribution < -0.4 is 15.6 Å². The van der Waals surface area contributed by atoms with Gasteiger partial charge in [-0.15, -0.1) is 0 Å². The van der Waals surface area contributed by atoms with E-state index in [9.17, 15) is 8.78 Å². The topological polar surface area (TPSA) is 50.1 Å². The zero-order valence-corrected chi connectivity index (χ0v) is 12.9. The summed E-state index contributed by atoms with van der Waals surface area (Å²) in [6.07, 6.45) is 1.26. The highest BCUT2D eigenvalue weighted by Gasteiger charge is 2.12. The largest absolute Gasteiger partial charge is 0.370 e. The monoisotopic (exact) mass is 329 g/mol. The number of hydrazone groups is 1. The molecule has 0 radical (unpaired) electrons. The Kier molecular flexibility index (Phi) is 6.63. The predicted octanol–water partition coefficient (Wildman–Crippen LogP) is -0.322. The summed E-state index contributed by atoms with van der Waals surface area (Å²) in [5, 5.41) is 7.23. The Hall–Kier alpha value is -1.64. The van der Waals surface area contributed by atoms with E-state index in [0.717, 1.165) is 45.5 Å². The molecule has 1 saturated heterocycles. The van der Waals surface area contributed by atoms with E-state index in [-0.39, 0.29) is 5.56 Å². The number of nitrogens with one attached hydrogen (secondary N) is 3. The lowest BCUT2D eigenvalue weighted by Crippen LogP contribution is -3.14. The molecular formula is C14H19F2N4OS+. The van der Waals surface area contributed by atoms with Gasteiger partial charge in [-0.25, -0.2) is 8.78 Å². The molecule has 1 aliphatic rings. The van der Waals surface area contributed by atoms with Gasteiger partial charge in [0.05, 0.1) is 32.5 Å². The van der Waals surface area contributed by atoms with Crippen LogP contribution in [0.25, 0.3) is 0 Å². The van der Waals surface area contributed by atoms with Crippen molar-refractivity contribution in [1.29, 1.82) is 0 Å². The first-order chi connectivity index (χ1) is 10.6. The van der Waals surface area contributed by atoms with Crippen LogP contribution in [-0.2, 0) is 4.74 Å². The van der Waals surface area contributed by atoms with Crippen molar-refractivity contribution in [3.63, 3.8) is 0 Å². The van der Waals surface area contributed by atoms with Gasteiger partial charge in [0.25, 0.3) is 0 Å². The second-order valence-electron chi connectivity index (χ2n) is 4.90. The van der Waals surface area contributed by atoms with Crippen LogP contribution in [0.4, 0.5) is 8.78 Å². The van der Waals surface area contributed by atoms with Gasteiger partial charge in [-0.05, 0) is 24.4 Å². The third-order valence-corrected chi connectivity index (χ3v) is 3.53. The maximum absolute atomic E-state index is 13.4. The molecule has 1 aromatic rings. The quantitative estimate of drug-likeness (QED) is 0.394. The average Bonchev–Trinajstić information content (AvgIpc) is 2.50. The third kappa shape index (κ3) is 5.63. The number of quaternary nitrogens is 1. The van der Waals surface area contributed by atoms with E-state index >= 15 is 0 Å². The number of thiocarbonyl (C=S) groups is 1. The highest BCUT2D eigenvalue weighted by molar-refractivity contribution is 7.80. The minimum atomic E-state index is -0.666. The first-order valence-electron chi connectivity index (χ1n) is 7.08. The van der Waals surface area contributed by atoms with Crippen LogP contribution in [0, 0.1) is 11.6 Å². The molecule has 0 amide bonds. The number of hydrogen-bond donors (Lipinski definition) is 3. The Bertz CT molecular complexity index is 536. The molecule has 0 saturated carbocycles. The van der Waals surface area contributed by atoms with Gasteiger partial charge in [-0.2, -0.15) is 5.10 Å². The number of halogens is 2. The van der Waals surface area contributed by atoms with Crippen molar-refractivity contribution in [2.75, 3.05) is 39.4 Å². The van der Waals surface area contributed by atoms with Crippen molar-refractivity contribution in [3.8, 4) is 0 Å². The van der Waals surface area contributed by atoms with Gasteiger partial charge < -0.3 is 15.0 Å². The molecule has 0 spiro atoms. The Morgan fingerprint density at radius 1 is 1.36 bits per heavy atom. The molecule has 5 nitrogen and oxygen atoms in total. The first-order valence-corrected chi connectivity index (χ1v) is 7.49. The van der Waals surface area contributed by atoms with Crippen molar-refractivity contribution in [3.05, 3.63) is 35.4 Å². The number of benzene rings is 1. The smallest absolute Gasteiger partial charge is 0.187 e. The van der Waals surface area contributed by atoms with E-state index in [1.165, 1.54) is 23.2 Å². The number of morpholine rings is 1. The molecule has 0 unspecified atom stereocenters. The van der Waals surface area contributed by atoms with Crippen molar-refractivity contribution in [1.82, 2.24) is 10.7 Å². The zero-order chi connectivity index (χ0) is 15.8. The summed E-state index contributed by atoms with van der Waals surface area (Å²) in [5.74, 6) is -1.29. The molecule has 22 heavy (non-hydrogen) atoms. The van der Waals surface area contributed by atoms with Crippen LogP contribution in [0.2, 0.25) is 0 Å². The van der Waals surface area contributed by atoms with E-state index in [1.54, 1.807) is 0 Å². The number of rotatable bonds is 5. The van der Waals surface area contributed by atoms with Gasteiger partial charge in [0.1, 0.15) is 24.7 Å². The molecule has 8 heteroatoms. The maximum atomic E-state index is 13.4. The van der Waals surface area contributed by atoms with E-state index in [4.69, 9.17) is 17.0 Å². The van der Waals surface area contributed by atoms with E-state index in [0.29, 0.717) is 5.11 Å². The number of hydrogen-bond acceptors (Lipinski definition) is 3. The molecule has 0 atom stereocenters. The minimum absolute atomic E-state index is 0.189. The summed E-state index contributed by atoms with van der Waals surface area (Å²) >= 11 is 5.07. The molecule has 1 fully saturated rings. The van der Waals surface area contributed by atoms with Crippen LogP contribution in [0.3, 0.4) is 0 Å². The standard InChI is InChI=1S/C14H18F2N4OS/c15-12-2-1-11(13(16)9-12)10-18-19-14(22)17-3-4-20-5-7-21-8-6-20/h1-2,9-10H,3-8H2,(H2,17,19,22)/p+1/b18-10-. The molecule has 3 N–H and O–H groups in total. The van der Waals surface area contributed by atoms with Crippen molar-refractivity contribution >= 4 is 23.5 Å². The lowest BCUT2D eigenvalue weighted by molar-refractivity contribution is -0.906. The number of nitrogens with zero attached hydrogens (tertiary/aromatic N) is 1. The molecule has 2 rings (SSSR count). The predicted molar refractivity (Wildman–Crippen MR) is 84.1 cm³/mol. The van der Waals surface area contributed by atoms with E-state index < -0.39 is 11.6 Å². The van der Waals surface area contributed by atoms with Gasteiger partial charge in [0.15, 0.2) is 5.11 Å². The lowest BCUT2D eigenvalue weighted by atomic mass is 10.2. The van der Waals surface area contributed by atoms with Crippen LogP contribution in [-0.4, -0.2) is 50.7 Å². The Morgan fingerprint density at radius 2 is 2.14 bits per heavy atom. The fourth-order valence-electron chi connectivity index (χ4n) is 2.07. The summed E-state index contributed by atoms with van der Waals surface area (Å²) < 4.78 is 31.4. The van der Waals surface area contributed by atoms with Gasteiger partial charge in [-0.1, -0.05) is 0 Å². The fourth-order valence-corrected chi connectivity index (χ4v) is 2.22. The van der Waals surface area contributed by atoms with Crippen LogP contribution in [0.15, 0.2) is 23.3 Å². The highest BCUT2D eigenvalue weighted by atomic mass is 32.1. The Morgan fingerprint density at radius 3 is 2.86 bits per heavy atom. The molecule has 1 heterocycles. The van der Waals surface area contributed by atoms with Crippen LogP contribution in [0.5, 0.6) is 0 Å². The maximum Gasteiger partial charge on any atom is 0.187 e. The van der Waals surface area contributed by atoms with Gasteiger partial charge in [-0.3, -0.25) is 5.43 Å². The summed E-state index contributed by atoms with van der Waals surface area (Å²) in [6, 6.07) is 3.29. The van der Waals surface area contributed by atoms with Crippen LogP contribution in [0.1, 0.15) is 5.56 Å². The lowest BCUT2D eigenvalue weighted by Gasteiger charge is -2.23. The van der Waals surface area contributed by atoms with Crippen molar-refractivity contribution < 1.29 is 18.4 Å². The number of ether oxygens (including phenoxy) is 1. The zero-order valence-electron chi connectivity index (χ0n) is 12.1. The molecule has 0 aromatic heterocycles. The van der Waals surface area contributed by atoms with E-state index in [2.05, 4.69) is 15.8 Å². The Balaban J connectivity index is 1.67. The summed E-state index contributed by atoms with van der Waals surface area (Å²) in [4.78, 5) is 1.47. The normalized spacial score (nSPS) is 15.9. The van der Waals surface area contributed by atoms with Gasteiger partial charge in [0.2, 0.25) is 0 Å². The molecule has 1 aliphatic heterocycles. The molecule has 1 aromatic carbocycles. The molecular weight excluding hydrogens is 310 g/mol. The van der Waals surface area contributed by atoms with Gasteiger partial charge >= 0.3 is 0 Å². The summed E-state index contributed by atoms with van der Waals surface area (Å²) in [7, 11) is 0. The van der Waals surface area contributed by atoms with Crippen LogP contribution >= 0.6 is 12.2 Å². The second-order valence-corrected chi connectivity index (χ2v) is 5.31. The summed E-state index contributed by atoms with van der Waals surface area (Å²) in [6.45, 7) is 5.27. The summed E-state index contributed by atoms with van der Waals surface area (Å²) in [5.41, 5.74) is 2.80. The van der Waals surface area contributed by atoms with Gasteiger partial charge in [0, 0.05) is 11.6 Å². The van der Waals surface area contributed by atoms with Crippen molar-refractivity contribution in [2.24, 2.45) is 5.10 Å².